The minimum absolute atomic E-state index is 0.0707. The number of amides is 1. The predicted molar refractivity (Wildman–Crippen MR) is 78.1 cm³/mol. The molecule has 1 aromatic carbocycles. The molecule has 1 N–H and O–H groups in total. The van der Waals surface area contributed by atoms with Crippen LogP contribution in [0, 0.1) is 10.1 Å². The second-order valence-electron chi connectivity index (χ2n) is 4.59. The number of carboxylic acid groups (broad SMARTS) is 1. The number of benzene rings is 1. The fourth-order valence-electron chi connectivity index (χ4n) is 1.88. The molecule has 0 atom stereocenters. The second kappa shape index (κ2) is 7.96. The molecule has 22 heavy (non-hydrogen) atoms. The van der Waals surface area contributed by atoms with E-state index in [1.165, 1.54) is 30.1 Å². The Hall–Kier alpha value is -2.64. The van der Waals surface area contributed by atoms with E-state index in [0.717, 1.165) is 0 Å². The molecule has 1 amide bonds. The van der Waals surface area contributed by atoms with Crippen molar-refractivity contribution in [3.05, 3.63) is 33.9 Å². The highest BCUT2D eigenvalue weighted by Gasteiger charge is 2.23. The first-order valence-corrected chi connectivity index (χ1v) is 6.75. The highest BCUT2D eigenvalue weighted by molar-refractivity contribution is 5.98. The zero-order valence-electron chi connectivity index (χ0n) is 12.4. The summed E-state index contributed by atoms with van der Waals surface area (Å²) in [6.45, 7) is 2.34. The molecule has 0 aliphatic carbocycles. The third-order valence-corrected chi connectivity index (χ3v) is 2.94. The minimum atomic E-state index is -0.954. The normalized spacial score (nSPS) is 10.1. The molecule has 0 heterocycles. The number of carbonyl (C=O) groups excluding carboxylic acids is 1. The summed E-state index contributed by atoms with van der Waals surface area (Å²) in [4.78, 5) is 34.5. The molecule has 0 saturated heterocycles. The summed E-state index contributed by atoms with van der Waals surface area (Å²) >= 11 is 0. The molecule has 1 aromatic rings. The molecule has 0 bridgehead atoms. The lowest BCUT2D eigenvalue weighted by Gasteiger charge is -2.17. The van der Waals surface area contributed by atoms with E-state index >= 15 is 0 Å². The number of aliphatic carboxylic acids is 1. The van der Waals surface area contributed by atoms with Crippen molar-refractivity contribution in [2.24, 2.45) is 0 Å². The topological polar surface area (TPSA) is 110 Å². The number of carboxylic acids is 1. The summed E-state index contributed by atoms with van der Waals surface area (Å²) in [5.74, 6) is -1.13. The van der Waals surface area contributed by atoms with Crippen LogP contribution < -0.4 is 4.74 Å². The fourth-order valence-corrected chi connectivity index (χ4v) is 1.88. The van der Waals surface area contributed by atoms with Crippen molar-refractivity contribution >= 4 is 17.6 Å². The fraction of sp³-hybridized carbons (Fsp3) is 0.429. The molecule has 1 rings (SSSR count). The van der Waals surface area contributed by atoms with E-state index in [1.807, 2.05) is 0 Å². The summed E-state index contributed by atoms with van der Waals surface area (Å²) in [5, 5.41) is 19.6. The number of nitro groups is 1. The van der Waals surface area contributed by atoms with Crippen LogP contribution in [0.3, 0.4) is 0 Å². The molecular formula is C14H18N2O6. The van der Waals surface area contributed by atoms with Crippen LogP contribution in [-0.2, 0) is 4.79 Å². The zero-order chi connectivity index (χ0) is 16.7. The number of hydrogen-bond acceptors (Lipinski definition) is 5. The van der Waals surface area contributed by atoms with Crippen LogP contribution in [0.4, 0.5) is 5.69 Å². The van der Waals surface area contributed by atoms with Crippen molar-refractivity contribution in [3.63, 3.8) is 0 Å². The maximum atomic E-state index is 12.3. The first kappa shape index (κ1) is 17.4. The molecule has 8 nitrogen and oxygen atoms in total. The number of hydrogen-bond donors (Lipinski definition) is 1. The Morgan fingerprint density at radius 1 is 1.41 bits per heavy atom. The average Bonchev–Trinajstić information content (AvgIpc) is 2.46. The molecule has 0 spiro atoms. The SMILES string of the molecule is CCOc1ccc([N+](=O)[O-])c(C(=O)N(C)CCCC(=O)O)c1. The van der Waals surface area contributed by atoms with Crippen LogP contribution in [0.2, 0.25) is 0 Å². The molecule has 8 heteroatoms. The van der Waals surface area contributed by atoms with E-state index in [2.05, 4.69) is 0 Å². The van der Waals surface area contributed by atoms with Gasteiger partial charge in [-0.2, -0.15) is 0 Å². The number of nitro benzene ring substituents is 1. The highest BCUT2D eigenvalue weighted by atomic mass is 16.6. The van der Waals surface area contributed by atoms with Gasteiger partial charge in [0, 0.05) is 26.1 Å². The van der Waals surface area contributed by atoms with Crippen LogP contribution in [0.15, 0.2) is 18.2 Å². The molecule has 0 unspecified atom stereocenters. The molecule has 0 aliphatic heterocycles. The van der Waals surface area contributed by atoms with Gasteiger partial charge < -0.3 is 14.7 Å². The summed E-state index contributed by atoms with van der Waals surface area (Å²) in [6.07, 6.45) is 0.204. The Morgan fingerprint density at radius 2 is 2.09 bits per heavy atom. The Morgan fingerprint density at radius 3 is 2.64 bits per heavy atom. The van der Waals surface area contributed by atoms with Crippen molar-refractivity contribution in [1.29, 1.82) is 0 Å². The van der Waals surface area contributed by atoms with Crippen molar-refractivity contribution in [1.82, 2.24) is 4.90 Å². The molecule has 0 aromatic heterocycles. The van der Waals surface area contributed by atoms with Gasteiger partial charge in [-0.3, -0.25) is 19.7 Å². The third-order valence-electron chi connectivity index (χ3n) is 2.94. The van der Waals surface area contributed by atoms with Crippen LogP contribution >= 0.6 is 0 Å². The standard InChI is InChI=1S/C14H18N2O6/c1-3-22-10-6-7-12(16(20)21)11(9-10)14(19)15(2)8-4-5-13(17)18/h6-7,9H,3-5,8H2,1-2H3,(H,17,18). The van der Waals surface area contributed by atoms with Crippen LogP contribution in [0.1, 0.15) is 30.1 Å². The monoisotopic (exact) mass is 310 g/mol. The summed E-state index contributed by atoms with van der Waals surface area (Å²) in [5.41, 5.74) is -0.382. The van der Waals surface area contributed by atoms with Crippen LogP contribution in [-0.4, -0.2) is 47.0 Å². The van der Waals surface area contributed by atoms with Gasteiger partial charge in [0.05, 0.1) is 11.5 Å². The van der Waals surface area contributed by atoms with Crippen molar-refractivity contribution in [2.45, 2.75) is 19.8 Å². The largest absolute Gasteiger partial charge is 0.494 e. The lowest BCUT2D eigenvalue weighted by atomic mass is 10.1. The maximum Gasteiger partial charge on any atom is 0.303 e. The van der Waals surface area contributed by atoms with Crippen molar-refractivity contribution in [2.75, 3.05) is 20.2 Å². The van der Waals surface area contributed by atoms with E-state index in [9.17, 15) is 19.7 Å². The molecule has 0 fully saturated rings. The smallest absolute Gasteiger partial charge is 0.303 e. The van der Waals surface area contributed by atoms with E-state index in [4.69, 9.17) is 9.84 Å². The van der Waals surface area contributed by atoms with Gasteiger partial charge >= 0.3 is 5.97 Å². The number of nitrogens with zero attached hydrogens (tertiary/aromatic N) is 2. The van der Waals surface area contributed by atoms with Crippen LogP contribution in [0.5, 0.6) is 5.75 Å². The van der Waals surface area contributed by atoms with Gasteiger partial charge in [0.15, 0.2) is 0 Å². The second-order valence-corrected chi connectivity index (χ2v) is 4.59. The molecule has 0 saturated carbocycles. The Bertz CT molecular complexity index is 572. The lowest BCUT2D eigenvalue weighted by molar-refractivity contribution is -0.385. The van der Waals surface area contributed by atoms with E-state index in [-0.39, 0.29) is 30.6 Å². The van der Waals surface area contributed by atoms with Gasteiger partial charge in [0.25, 0.3) is 11.6 Å². The third kappa shape index (κ3) is 4.72. The summed E-state index contributed by atoms with van der Waals surface area (Å²) in [6, 6.07) is 3.99. The number of ether oxygens (including phenoxy) is 1. The Kier molecular flexibility index (Phi) is 6.30. The summed E-state index contributed by atoms with van der Waals surface area (Å²) in [7, 11) is 1.47. The van der Waals surface area contributed by atoms with Gasteiger partial charge in [-0.25, -0.2) is 0 Å². The van der Waals surface area contributed by atoms with Crippen LogP contribution in [0.25, 0.3) is 0 Å². The van der Waals surface area contributed by atoms with E-state index in [1.54, 1.807) is 6.92 Å². The zero-order valence-corrected chi connectivity index (χ0v) is 12.4. The van der Waals surface area contributed by atoms with Gasteiger partial charge in [0.1, 0.15) is 11.3 Å². The van der Waals surface area contributed by atoms with Gasteiger partial charge in [-0.05, 0) is 25.5 Å². The first-order valence-electron chi connectivity index (χ1n) is 6.75. The number of rotatable bonds is 8. The minimum Gasteiger partial charge on any atom is -0.494 e. The van der Waals surface area contributed by atoms with Gasteiger partial charge in [-0.1, -0.05) is 0 Å². The lowest BCUT2D eigenvalue weighted by Crippen LogP contribution is -2.28. The molecular weight excluding hydrogens is 292 g/mol. The molecule has 0 radical (unpaired) electrons. The van der Waals surface area contributed by atoms with Gasteiger partial charge in [-0.15, -0.1) is 0 Å². The Labute approximate surface area is 127 Å². The molecule has 120 valence electrons. The highest BCUT2D eigenvalue weighted by Crippen LogP contribution is 2.25. The predicted octanol–water partition coefficient (Wildman–Crippen LogP) is 1.93. The maximum absolute atomic E-state index is 12.3. The molecule has 0 aliphatic rings. The van der Waals surface area contributed by atoms with E-state index in [0.29, 0.717) is 12.4 Å². The average molecular weight is 310 g/mol. The first-order chi connectivity index (χ1) is 10.4. The van der Waals surface area contributed by atoms with E-state index < -0.39 is 16.8 Å². The van der Waals surface area contributed by atoms with Gasteiger partial charge in [0.2, 0.25) is 0 Å². The summed E-state index contributed by atoms with van der Waals surface area (Å²) < 4.78 is 5.25. The van der Waals surface area contributed by atoms with Crippen molar-refractivity contribution in [3.8, 4) is 5.75 Å². The number of carbonyl (C=O) groups is 2. The quantitative estimate of drug-likeness (QED) is 0.580. The Balaban J connectivity index is 2.95. The van der Waals surface area contributed by atoms with Crippen molar-refractivity contribution < 1.29 is 24.4 Å².